The number of hydrogen-bond acceptors (Lipinski definition) is 8. The fraction of sp³-hybridized carbons (Fsp3) is 0.500. The summed E-state index contributed by atoms with van der Waals surface area (Å²) in [6.07, 6.45) is 0.750. The lowest BCUT2D eigenvalue weighted by Crippen LogP contribution is -3.18. The second kappa shape index (κ2) is 18.2. The summed E-state index contributed by atoms with van der Waals surface area (Å²) in [5.74, 6) is -0.513. The van der Waals surface area contributed by atoms with Crippen LogP contribution in [0.2, 0.25) is 0 Å². The molecule has 216 valence electrons. The Labute approximate surface area is 234 Å². The number of aromatic hydroxyl groups is 1. The molecule has 38 heavy (non-hydrogen) atoms. The van der Waals surface area contributed by atoms with E-state index < -0.39 is 5.91 Å². The zero-order chi connectivity index (χ0) is 27.4. The normalized spacial score (nSPS) is 9.97. The van der Waals surface area contributed by atoms with Crippen LogP contribution in [0.1, 0.15) is 48.5 Å². The summed E-state index contributed by atoms with van der Waals surface area (Å²) in [5, 5.41) is 17.4. The predicted octanol–water partition coefficient (Wildman–Crippen LogP) is -2.57. The van der Waals surface area contributed by atoms with Gasteiger partial charge in [0.1, 0.15) is 11.4 Å². The molecule has 6 N–H and O–H groups in total. The van der Waals surface area contributed by atoms with Crippen molar-refractivity contribution < 1.29 is 51.7 Å². The minimum Gasteiger partial charge on any atom is -1.00 e. The Morgan fingerprint density at radius 3 is 2.11 bits per heavy atom. The second-order valence-corrected chi connectivity index (χ2v) is 9.53. The Bertz CT molecular complexity index is 1010. The average Bonchev–Trinajstić information content (AvgIpc) is 3.29. The molecule has 1 aromatic heterocycles. The number of benzene rings is 1. The van der Waals surface area contributed by atoms with E-state index in [0.717, 1.165) is 24.3 Å². The molecule has 0 aliphatic carbocycles. The molecular weight excluding hydrogens is 538 g/mol. The Morgan fingerprint density at radius 1 is 1.11 bits per heavy atom. The van der Waals surface area contributed by atoms with Gasteiger partial charge in [0, 0.05) is 31.6 Å². The number of aromatic nitrogens is 1. The first-order chi connectivity index (χ1) is 16.9. The molecule has 0 bridgehead atoms. The maximum atomic E-state index is 12.6. The van der Waals surface area contributed by atoms with Crippen molar-refractivity contribution in [2.75, 3.05) is 46.7 Å². The van der Waals surface area contributed by atoms with Gasteiger partial charge in [-0.05, 0) is 27.7 Å². The number of carbonyl (C=O) groups excluding carboxylic acids is 3. The van der Waals surface area contributed by atoms with Crippen LogP contribution >= 0.6 is 11.3 Å². The molecule has 1 heterocycles. The number of carbonyl (C=O) groups is 3. The average molecular weight is 578 g/mol. The number of phenols is 1. The van der Waals surface area contributed by atoms with Gasteiger partial charge in [0.05, 0.1) is 45.0 Å². The van der Waals surface area contributed by atoms with Crippen molar-refractivity contribution >= 4 is 34.7 Å². The summed E-state index contributed by atoms with van der Waals surface area (Å²) < 4.78 is 10.3. The van der Waals surface area contributed by atoms with E-state index in [9.17, 15) is 19.5 Å². The van der Waals surface area contributed by atoms with Gasteiger partial charge in [-0.1, -0.05) is 0 Å². The van der Waals surface area contributed by atoms with E-state index in [-0.39, 0.29) is 45.9 Å². The van der Waals surface area contributed by atoms with Crippen molar-refractivity contribution in [3.63, 3.8) is 0 Å². The molecule has 2 rings (SSSR count). The lowest BCUT2D eigenvalue weighted by molar-refractivity contribution is -0.941. The fourth-order valence-electron chi connectivity index (χ4n) is 3.30. The number of amides is 3. The van der Waals surface area contributed by atoms with E-state index in [2.05, 4.69) is 43.3 Å². The van der Waals surface area contributed by atoms with Crippen LogP contribution in [-0.2, 0) is 4.79 Å². The number of anilines is 1. The lowest BCUT2D eigenvalue weighted by atomic mass is 10.1. The molecule has 0 spiro atoms. The van der Waals surface area contributed by atoms with Crippen LogP contribution in [0.3, 0.4) is 0 Å². The highest BCUT2D eigenvalue weighted by molar-refractivity contribution is 7.14. The number of thiazole rings is 1. The van der Waals surface area contributed by atoms with Gasteiger partial charge in [-0.2, -0.15) is 0 Å². The van der Waals surface area contributed by atoms with Gasteiger partial charge < -0.3 is 47.6 Å². The van der Waals surface area contributed by atoms with Gasteiger partial charge in [0.2, 0.25) is 6.41 Å². The SMILES string of the molecule is CN(C)C=O.COc1cc(O)c(C(=O)Nc2nc(C(=O)NCC[NH+](C(C)C)C(C)C)cs2)cc1OC.O.[Cl-]. The highest BCUT2D eigenvalue weighted by atomic mass is 35.5. The van der Waals surface area contributed by atoms with Crippen molar-refractivity contribution in [1.82, 2.24) is 15.2 Å². The molecule has 0 saturated carbocycles. The van der Waals surface area contributed by atoms with Crippen LogP contribution < -0.4 is 37.4 Å². The molecule has 3 amide bonds. The molecule has 14 heteroatoms. The maximum absolute atomic E-state index is 12.6. The van der Waals surface area contributed by atoms with Crippen LogP contribution in [0.5, 0.6) is 17.2 Å². The monoisotopic (exact) mass is 577 g/mol. The molecular formula is C24H40ClN5O7S. The summed E-state index contributed by atoms with van der Waals surface area (Å²) in [4.78, 5) is 41.4. The van der Waals surface area contributed by atoms with Gasteiger partial charge in [-0.25, -0.2) is 4.98 Å². The summed E-state index contributed by atoms with van der Waals surface area (Å²) in [7, 11) is 6.25. The third-order valence-corrected chi connectivity index (χ3v) is 5.85. The van der Waals surface area contributed by atoms with E-state index in [1.165, 1.54) is 36.2 Å². The maximum Gasteiger partial charge on any atom is 0.271 e. The van der Waals surface area contributed by atoms with Gasteiger partial charge in [-0.15, -0.1) is 11.3 Å². The zero-order valence-corrected chi connectivity index (χ0v) is 24.6. The Balaban J connectivity index is 0. The van der Waals surface area contributed by atoms with Gasteiger partial charge >= 0.3 is 0 Å². The van der Waals surface area contributed by atoms with Crippen LogP contribution in [0.4, 0.5) is 5.13 Å². The molecule has 0 radical (unpaired) electrons. The molecule has 0 atom stereocenters. The number of quaternary nitrogens is 1. The van der Waals surface area contributed by atoms with Crippen molar-refractivity contribution in [1.29, 1.82) is 0 Å². The number of rotatable bonds is 11. The van der Waals surface area contributed by atoms with E-state index in [1.54, 1.807) is 19.5 Å². The summed E-state index contributed by atoms with van der Waals surface area (Å²) in [5.41, 5.74) is 0.233. The molecule has 2 aromatic rings. The van der Waals surface area contributed by atoms with Crippen LogP contribution in [-0.4, -0.2) is 92.2 Å². The van der Waals surface area contributed by atoms with E-state index in [4.69, 9.17) is 9.47 Å². The lowest BCUT2D eigenvalue weighted by Gasteiger charge is -2.27. The molecule has 1 aromatic carbocycles. The first-order valence-corrected chi connectivity index (χ1v) is 12.3. The van der Waals surface area contributed by atoms with Crippen LogP contribution in [0.15, 0.2) is 17.5 Å². The molecule has 0 aliphatic heterocycles. The molecule has 0 fully saturated rings. The summed E-state index contributed by atoms with van der Waals surface area (Å²) in [6.45, 7) is 9.97. The van der Waals surface area contributed by atoms with Gasteiger partial charge in [-0.3, -0.25) is 19.7 Å². The topological polar surface area (TPSA) is 166 Å². The minimum atomic E-state index is -0.576. The van der Waals surface area contributed by atoms with E-state index >= 15 is 0 Å². The number of halogens is 1. The zero-order valence-electron chi connectivity index (χ0n) is 23.0. The quantitative estimate of drug-likeness (QED) is 0.213. The van der Waals surface area contributed by atoms with Gasteiger partial charge in [0.15, 0.2) is 16.6 Å². The van der Waals surface area contributed by atoms with Crippen LogP contribution in [0, 0.1) is 0 Å². The summed E-state index contributed by atoms with van der Waals surface area (Å²) >= 11 is 1.13. The molecule has 0 unspecified atom stereocenters. The summed E-state index contributed by atoms with van der Waals surface area (Å²) in [6, 6.07) is 3.60. The second-order valence-electron chi connectivity index (χ2n) is 8.68. The minimum absolute atomic E-state index is 0. The van der Waals surface area contributed by atoms with E-state index in [0.29, 0.717) is 30.1 Å². The van der Waals surface area contributed by atoms with Crippen molar-refractivity contribution in [2.45, 2.75) is 39.8 Å². The number of nitrogens with zero attached hydrogens (tertiary/aromatic N) is 2. The Morgan fingerprint density at radius 2 is 1.63 bits per heavy atom. The molecule has 0 saturated heterocycles. The first kappa shape index (κ1) is 37.0. The molecule has 0 aliphatic rings. The van der Waals surface area contributed by atoms with Crippen molar-refractivity contribution in [2.24, 2.45) is 0 Å². The first-order valence-electron chi connectivity index (χ1n) is 11.4. The van der Waals surface area contributed by atoms with Crippen molar-refractivity contribution in [3.8, 4) is 17.2 Å². The third kappa shape index (κ3) is 11.5. The number of nitrogens with one attached hydrogen (secondary N) is 3. The number of methoxy groups -OCH3 is 2. The smallest absolute Gasteiger partial charge is 0.271 e. The van der Waals surface area contributed by atoms with E-state index in [1.807, 2.05) is 0 Å². The largest absolute Gasteiger partial charge is 1.00 e. The third-order valence-electron chi connectivity index (χ3n) is 5.10. The predicted molar refractivity (Wildman–Crippen MR) is 143 cm³/mol. The fourth-order valence-corrected chi connectivity index (χ4v) is 3.99. The molecule has 12 nitrogen and oxygen atoms in total. The number of hydrogen-bond donors (Lipinski definition) is 4. The Kier molecular flexibility index (Phi) is 17.7. The highest BCUT2D eigenvalue weighted by Gasteiger charge is 2.20. The standard InChI is InChI=1S/C21H30N4O5S.C3H7NO.ClH.H2O/c1-12(2)25(13(3)4)8-7-22-20(28)15-11-31-21(23-15)24-19(27)14-9-17(29-5)18(30-6)10-16(14)26;1-4(2)3-5;;/h9-13,26H,7-8H2,1-6H3,(H,22,28)(H,23,24,27);3H,1-2H3;1H;1H2. The highest BCUT2D eigenvalue weighted by Crippen LogP contribution is 2.34. The number of ether oxygens (including phenoxy) is 2. The van der Waals surface area contributed by atoms with Crippen LogP contribution in [0.25, 0.3) is 0 Å². The van der Waals surface area contributed by atoms with Crippen molar-refractivity contribution in [3.05, 3.63) is 28.8 Å². The Hall–Kier alpha value is -3.13. The number of phenolic OH excluding ortho intramolecular Hbond substituents is 1. The van der Waals surface area contributed by atoms with Gasteiger partial charge in [0.25, 0.3) is 11.8 Å².